The summed E-state index contributed by atoms with van der Waals surface area (Å²) in [6.45, 7) is 2.80. The van der Waals surface area contributed by atoms with E-state index in [1.807, 2.05) is 0 Å². The van der Waals surface area contributed by atoms with Crippen LogP contribution in [-0.2, 0) is 23.7 Å². The van der Waals surface area contributed by atoms with Crippen LogP contribution in [0.15, 0.2) is 72.9 Å². The first-order valence-corrected chi connectivity index (χ1v) is 41.2. The molecule has 14 heteroatoms. The van der Waals surface area contributed by atoms with Crippen molar-refractivity contribution in [1.82, 2.24) is 5.32 Å². The van der Waals surface area contributed by atoms with E-state index >= 15 is 0 Å². The number of hydrogen-bond donors (Lipinski definition) is 9. The Hall–Kier alpha value is -2.57. The molecule has 0 aromatic heterocycles. The van der Waals surface area contributed by atoms with Crippen LogP contribution in [0.3, 0.4) is 0 Å². The van der Waals surface area contributed by atoms with E-state index in [9.17, 15) is 45.6 Å². The first kappa shape index (κ1) is 91.5. The highest BCUT2D eigenvalue weighted by Crippen LogP contribution is 2.30. The van der Waals surface area contributed by atoms with Crippen LogP contribution in [0.1, 0.15) is 361 Å². The van der Waals surface area contributed by atoms with Gasteiger partial charge in [0.2, 0.25) is 5.91 Å². The highest BCUT2D eigenvalue weighted by molar-refractivity contribution is 5.76. The minimum atomic E-state index is -1.79. The van der Waals surface area contributed by atoms with Gasteiger partial charge in [0, 0.05) is 6.42 Å². The number of carbonyl (C=O) groups excluding carboxylic acids is 1. The average molecular weight is 1390 g/mol. The number of amides is 1. The molecule has 1 amide bonds. The van der Waals surface area contributed by atoms with Gasteiger partial charge in [-0.1, -0.05) is 363 Å². The molecular weight excluding hydrogens is 1230 g/mol. The minimum Gasteiger partial charge on any atom is -0.394 e. The molecule has 12 unspecified atom stereocenters. The van der Waals surface area contributed by atoms with Crippen molar-refractivity contribution in [1.29, 1.82) is 0 Å². The lowest BCUT2D eigenvalue weighted by Crippen LogP contribution is -2.65. The second-order valence-electron chi connectivity index (χ2n) is 28.9. The van der Waals surface area contributed by atoms with Crippen LogP contribution in [0.5, 0.6) is 0 Å². The monoisotopic (exact) mass is 1380 g/mol. The number of aliphatic hydroxyl groups excluding tert-OH is 8. The third-order valence-corrected chi connectivity index (χ3v) is 19.9. The van der Waals surface area contributed by atoms with E-state index < -0.39 is 86.8 Å². The lowest BCUT2D eigenvalue weighted by Gasteiger charge is -2.46. The van der Waals surface area contributed by atoms with Gasteiger partial charge < -0.3 is 65.1 Å². The van der Waals surface area contributed by atoms with Crippen molar-refractivity contribution in [2.24, 2.45) is 0 Å². The van der Waals surface area contributed by atoms with Gasteiger partial charge in [0.25, 0.3) is 0 Å². The summed E-state index contributed by atoms with van der Waals surface area (Å²) in [5.41, 5.74) is 0. The van der Waals surface area contributed by atoms with E-state index in [-0.39, 0.29) is 12.5 Å². The SMILES string of the molecule is CC/C=C\C/C=C\C/C=C\C/C=C\C/C=C\C/C=C\CCCCCCCCCCCCCCCCCCC(=O)NC(COC1OC(CO)C(OC2OC(CO)C(O)C(O)C2O)C(O)C1O)C(O)CCCCCCCCCCCCCCCCCCCCCCCCCCCCCCC. The van der Waals surface area contributed by atoms with Crippen LogP contribution in [0.4, 0.5) is 0 Å². The summed E-state index contributed by atoms with van der Waals surface area (Å²) in [5.74, 6) is -0.202. The molecule has 0 aromatic rings. The van der Waals surface area contributed by atoms with E-state index in [0.717, 1.165) is 89.9 Å². The molecule has 0 aromatic carbocycles. The molecule has 0 saturated carbocycles. The zero-order valence-corrected chi connectivity index (χ0v) is 62.8. The van der Waals surface area contributed by atoms with Gasteiger partial charge in [-0.2, -0.15) is 0 Å². The van der Waals surface area contributed by atoms with Gasteiger partial charge in [-0.3, -0.25) is 4.79 Å². The van der Waals surface area contributed by atoms with Gasteiger partial charge in [0.1, 0.15) is 48.8 Å². The zero-order chi connectivity index (χ0) is 70.8. The highest BCUT2D eigenvalue weighted by atomic mass is 16.7. The number of ether oxygens (including phenoxy) is 4. The lowest BCUT2D eigenvalue weighted by molar-refractivity contribution is -0.359. The van der Waals surface area contributed by atoms with Crippen molar-refractivity contribution >= 4 is 5.91 Å². The maximum absolute atomic E-state index is 13.4. The molecule has 0 radical (unpaired) electrons. The van der Waals surface area contributed by atoms with Gasteiger partial charge in [-0.25, -0.2) is 0 Å². The molecule has 572 valence electrons. The fourth-order valence-corrected chi connectivity index (χ4v) is 13.5. The van der Waals surface area contributed by atoms with Gasteiger partial charge >= 0.3 is 0 Å². The van der Waals surface area contributed by atoms with Crippen molar-refractivity contribution in [2.45, 2.75) is 434 Å². The molecule has 98 heavy (non-hydrogen) atoms. The summed E-state index contributed by atoms with van der Waals surface area (Å²) in [6.07, 6.45) is 76.5. The Bertz CT molecular complexity index is 1920. The smallest absolute Gasteiger partial charge is 0.220 e. The Morgan fingerprint density at radius 2 is 0.704 bits per heavy atom. The lowest BCUT2D eigenvalue weighted by atomic mass is 9.97. The standard InChI is InChI=1S/C84H153NO13/c1-3-5-7-9-11-13-15-17-19-21-23-25-27-29-31-33-34-35-36-37-38-40-42-44-46-48-50-52-54-56-58-60-62-64-66-68-76(89)85-72(71-95-83-81(94)79(92)82(75(70-87)97-83)98-84-80(93)78(91)77(90)74(69-86)96-84)73(88)67-65-63-61-59-57-55-53-51-49-47-45-43-41-39-32-30-28-26-24-22-20-18-16-14-12-10-8-6-4-2/h5,7,11,13,17,19,23,25,29,31,34-35,72-75,77-84,86-88,90-94H,3-4,6,8-10,12,14-16,18,20-22,24,26-28,30,32-33,36-71H2,1-2H3,(H,85,89)/b7-5-,13-11-,19-17-,25-23-,31-29-,35-34-. The molecular formula is C84H153NO13. The number of nitrogens with one attached hydrogen (secondary N) is 1. The molecule has 2 fully saturated rings. The summed E-state index contributed by atoms with van der Waals surface area (Å²) >= 11 is 0. The van der Waals surface area contributed by atoms with Gasteiger partial charge in [-0.15, -0.1) is 0 Å². The molecule has 0 aliphatic carbocycles. The molecule has 9 N–H and O–H groups in total. The number of carbonyl (C=O) groups is 1. The van der Waals surface area contributed by atoms with Gasteiger partial charge in [0.15, 0.2) is 12.6 Å². The highest BCUT2D eigenvalue weighted by Gasteiger charge is 2.51. The molecule has 0 bridgehead atoms. The van der Waals surface area contributed by atoms with Crippen LogP contribution < -0.4 is 5.32 Å². The Balaban J connectivity index is 1.60. The first-order chi connectivity index (χ1) is 48.1. The summed E-state index contributed by atoms with van der Waals surface area (Å²) < 4.78 is 23.0. The maximum atomic E-state index is 13.4. The second-order valence-corrected chi connectivity index (χ2v) is 28.9. The van der Waals surface area contributed by atoms with Crippen LogP contribution in [-0.4, -0.2) is 140 Å². The molecule has 0 spiro atoms. The molecule has 2 aliphatic heterocycles. The third-order valence-electron chi connectivity index (χ3n) is 19.9. The van der Waals surface area contributed by atoms with Gasteiger partial charge in [-0.05, 0) is 64.2 Å². The normalized spacial score (nSPS) is 22.4. The number of hydrogen-bond acceptors (Lipinski definition) is 13. The summed E-state index contributed by atoms with van der Waals surface area (Å²) in [6, 6.07) is -0.833. The molecule has 2 rings (SSSR count). The molecule has 14 nitrogen and oxygen atoms in total. The second kappa shape index (κ2) is 67.6. The number of allylic oxidation sites excluding steroid dienone is 12. The van der Waals surface area contributed by atoms with Crippen LogP contribution in [0.2, 0.25) is 0 Å². The van der Waals surface area contributed by atoms with Crippen molar-refractivity contribution in [3.05, 3.63) is 72.9 Å². The zero-order valence-electron chi connectivity index (χ0n) is 62.8. The van der Waals surface area contributed by atoms with E-state index in [1.54, 1.807) is 0 Å². The average Bonchev–Trinajstić information content (AvgIpc) is 0.797. The summed E-state index contributed by atoms with van der Waals surface area (Å²) in [5, 5.41) is 87.9. The maximum Gasteiger partial charge on any atom is 0.220 e. The van der Waals surface area contributed by atoms with E-state index in [4.69, 9.17) is 18.9 Å². The summed E-state index contributed by atoms with van der Waals surface area (Å²) in [7, 11) is 0. The van der Waals surface area contributed by atoms with E-state index in [0.29, 0.717) is 12.8 Å². The molecule has 2 saturated heterocycles. The molecule has 2 heterocycles. The third kappa shape index (κ3) is 49.9. The molecule has 12 atom stereocenters. The van der Waals surface area contributed by atoms with Crippen molar-refractivity contribution in [2.75, 3.05) is 19.8 Å². The van der Waals surface area contributed by atoms with Crippen molar-refractivity contribution in [3.8, 4) is 0 Å². The first-order valence-electron chi connectivity index (χ1n) is 41.2. The quantitative estimate of drug-likeness (QED) is 0.0204. The predicted molar refractivity (Wildman–Crippen MR) is 406 cm³/mol. The van der Waals surface area contributed by atoms with E-state index in [2.05, 4.69) is 92.1 Å². The summed E-state index contributed by atoms with van der Waals surface area (Å²) in [4.78, 5) is 13.4. The fraction of sp³-hybridized carbons (Fsp3) is 0.845. The number of rotatable bonds is 69. The fourth-order valence-electron chi connectivity index (χ4n) is 13.5. The Labute approximate surface area is 599 Å². The Morgan fingerprint density at radius 1 is 0.378 bits per heavy atom. The molecule has 2 aliphatic rings. The Morgan fingerprint density at radius 3 is 1.08 bits per heavy atom. The largest absolute Gasteiger partial charge is 0.394 e. The van der Waals surface area contributed by atoms with Gasteiger partial charge in [0.05, 0.1) is 32.0 Å². The van der Waals surface area contributed by atoms with Crippen molar-refractivity contribution < 1.29 is 64.6 Å². The van der Waals surface area contributed by atoms with Crippen LogP contribution in [0, 0.1) is 0 Å². The van der Waals surface area contributed by atoms with Crippen LogP contribution >= 0.6 is 0 Å². The van der Waals surface area contributed by atoms with E-state index in [1.165, 1.54) is 244 Å². The predicted octanol–water partition coefficient (Wildman–Crippen LogP) is 18.9. The van der Waals surface area contributed by atoms with Crippen LogP contribution in [0.25, 0.3) is 0 Å². The minimum absolute atomic E-state index is 0.202. The Kier molecular flexibility index (Phi) is 63.1. The number of aliphatic hydroxyl groups is 8. The number of unbranched alkanes of at least 4 members (excludes halogenated alkanes) is 44. The van der Waals surface area contributed by atoms with Crippen molar-refractivity contribution in [3.63, 3.8) is 0 Å². The topological polar surface area (TPSA) is 228 Å².